The van der Waals surface area contributed by atoms with Crippen LogP contribution in [0.5, 0.6) is 0 Å². The number of hydrogen-bond acceptors (Lipinski definition) is 2. The van der Waals surface area contributed by atoms with Gasteiger partial charge in [-0.15, -0.1) is 0 Å². The normalized spacial score (nSPS) is 13.5. The average molecular weight is 291 g/mol. The molecule has 4 nitrogen and oxygen atoms in total. The Kier molecular flexibility index (Phi) is 6.92. The third-order valence-electron chi connectivity index (χ3n) is 3.91. The first-order valence-electron chi connectivity index (χ1n) is 7.51. The lowest BCUT2D eigenvalue weighted by atomic mass is 9.96. The summed E-state index contributed by atoms with van der Waals surface area (Å²) in [4.78, 5) is 24.6. The van der Waals surface area contributed by atoms with E-state index in [9.17, 15) is 9.59 Å². The van der Waals surface area contributed by atoms with Crippen LogP contribution in [0.3, 0.4) is 0 Å². The molecule has 0 aliphatic carbocycles. The Bertz CT molecular complexity index is 458. The molecule has 1 aromatic carbocycles. The van der Waals surface area contributed by atoms with Crippen LogP contribution in [0.15, 0.2) is 30.3 Å². The third-order valence-corrected chi connectivity index (χ3v) is 3.91. The Morgan fingerprint density at radius 2 is 1.81 bits per heavy atom. The van der Waals surface area contributed by atoms with Gasteiger partial charge in [0, 0.05) is 12.5 Å². The van der Waals surface area contributed by atoms with E-state index in [0.29, 0.717) is 12.3 Å². The van der Waals surface area contributed by atoms with Crippen LogP contribution in [-0.2, 0) is 9.59 Å². The maximum atomic E-state index is 12.3. The van der Waals surface area contributed by atoms with Crippen molar-refractivity contribution in [2.75, 3.05) is 6.54 Å². The number of carbonyl (C=O) groups excluding carboxylic acids is 1. The molecule has 4 heteroatoms. The fraction of sp³-hybridized carbons (Fsp3) is 0.529. The summed E-state index contributed by atoms with van der Waals surface area (Å²) >= 11 is 0. The van der Waals surface area contributed by atoms with E-state index in [0.717, 1.165) is 12.8 Å². The van der Waals surface area contributed by atoms with Crippen molar-refractivity contribution in [3.63, 3.8) is 0 Å². The van der Waals surface area contributed by atoms with Crippen LogP contribution in [0.4, 0.5) is 0 Å². The topological polar surface area (TPSA) is 57.6 Å². The molecule has 2 atom stereocenters. The quantitative estimate of drug-likeness (QED) is 0.799. The number of benzene rings is 1. The summed E-state index contributed by atoms with van der Waals surface area (Å²) < 4.78 is 0. The van der Waals surface area contributed by atoms with Gasteiger partial charge in [0.1, 0.15) is 6.54 Å². The molecule has 116 valence electrons. The van der Waals surface area contributed by atoms with Gasteiger partial charge in [-0.2, -0.15) is 0 Å². The van der Waals surface area contributed by atoms with E-state index in [1.54, 1.807) is 0 Å². The molecule has 2 unspecified atom stereocenters. The van der Waals surface area contributed by atoms with Crippen molar-refractivity contribution in [2.45, 2.75) is 52.0 Å². The summed E-state index contributed by atoms with van der Waals surface area (Å²) in [6.07, 6.45) is 1.87. The zero-order chi connectivity index (χ0) is 15.8. The maximum Gasteiger partial charge on any atom is 0.323 e. The number of nitrogens with zero attached hydrogens (tertiary/aromatic N) is 1. The van der Waals surface area contributed by atoms with Crippen LogP contribution in [0.25, 0.3) is 0 Å². The van der Waals surface area contributed by atoms with Crippen LogP contribution >= 0.6 is 0 Å². The fourth-order valence-corrected chi connectivity index (χ4v) is 2.29. The first kappa shape index (κ1) is 17.2. The Morgan fingerprint density at radius 3 is 2.33 bits per heavy atom. The predicted octanol–water partition coefficient (Wildman–Crippen LogP) is 3.28. The number of carbonyl (C=O) groups is 2. The number of aliphatic carboxylic acids is 1. The molecular weight excluding hydrogens is 266 g/mol. The van der Waals surface area contributed by atoms with Gasteiger partial charge in [-0.3, -0.25) is 9.59 Å². The van der Waals surface area contributed by atoms with Crippen molar-refractivity contribution in [2.24, 2.45) is 0 Å². The molecule has 1 N–H and O–H groups in total. The standard InChI is InChI=1S/C17H25NO3/c1-4-14(3)18(12-17(20)21)16(19)11-10-13(2)15-8-6-5-7-9-15/h5-9,13-14H,4,10-12H2,1-3H3,(H,20,21). The minimum absolute atomic E-state index is 0.0411. The number of carboxylic acids is 1. The van der Waals surface area contributed by atoms with Crippen LogP contribution in [-0.4, -0.2) is 34.5 Å². The summed E-state index contributed by atoms with van der Waals surface area (Å²) in [5.41, 5.74) is 1.21. The molecule has 0 saturated carbocycles. The molecule has 0 spiro atoms. The van der Waals surface area contributed by atoms with Gasteiger partial charge < -0.3 is 10.0 Å². The summed E-state index contributed by atoms with van der Waals surface area (Å²) in [6.45, 7) is 5.72. The van der Waals surface area contributed by atoms with Gasteiger partial charge in [0.15, 0.2) is 0 Å². The Labute approximate surface area is 126 Å². The highest BCUT2D eigenvalue weighted by Gasteiger charge is 2.21. The van der Waals surface area contributed by atoms with E-state index in [1.807, 2.05) is 32.0 Å². The summed E-state index contributed by atoms with van der Waals surface area (Å²) in [5.74, 6) is -0.743. The molecular formula is C17H25NO3. The predicted molar refractivity (Wildman–Crippen MR) is 83.2 cm³/mol. The lowest BCUT2D eigenvalue weighted by molar-refractivity contribution is -0.146. The highest BCUT2D eigenvalue weighted by atomic mass is 16.4. The van der Waals surface area contributed by atoms with Crippen LogP contribution in [0, 0.1) is 0 Å². The third kappa shape index (κ3) is 5.58. The van der Waals surface area contributed by atoms with Crippen LogP contribution in [0.2, 0.25) is 0 Å². The number of amides is 1. The van der Waals surface area contributed by atoms with E-state index < -0.39 is 5.97 Å². The zero-order valence-electron chi connectivity index (χ0n) is 13.1. The van der Waals surface area contributed by atoms with Gasteiger partial charge in [0.25, 0.3) is 0 Å². The van der Waals surface area contributed by atoms with E-state index >= 15 is 0 Å². The maximum absolute atomic E-state index is 12.3. The SMILES string of the molecule is CCC(C)N(CC(=O)O)C(=O)CCC(C)c1ccccc1. The van der Waals surface area contributed by atoms with Crippen molar-refractivity contribution in [1.82, 2.24) is 4.90 Å². The molecule has 0 heterocycles. The number of rotatable bonds is 8. The molecule has 0 aliphatic rings. The molecule has 1 aromatic rings. The molecule has 0 radical (unpaired) electrons. The summed E-state index contributed by atoms with van der Waals surface area (Å²) in [5, 5.41) is 8.94. The average Bonchev–Trinajstić information content (AvgIpc) is 2.49. The minimum Gasteiger partial charge on any atom is -0.480 e. The lowest BCUT2D eigenvalue weighted by Crippen LogP contribution is -2.41. The second kappa shape index (κ2) is 8.45. The molecule has 0 bridgehead atoms. The summed E-state index contributed by atoms with van der Waals surface area (Å²) in [6, 6.07) is 10.0. The second-order valence-electron chi connectivity index (χ2n) is 5.52. The lowest BCUT2D eigenvalue weighted by Gasteiger charge is -2.27. The molecule has 1 rings (SSSR count). The zero-order valence-corrected chi connectivity index (χ0v) is 13.1. The Balaban J connectivity index is 2.59. The highest BCUT2D eigenvalue weighted by molar-refractivity contribution is 5.81. The van der Waals surface area contributed by atoms with Crippen LogP contribution < -0.4 is 0 Å². The Hall–Kier alpha value is -1.84. The molecule has 21 heavy (non-hydrogen) atoms. The van der Waals surface area contributed by atoms with Gasteiger partial charge in [0.05, 0.1) is 0 Å². The van der Waals surface area contributed by atoms with E-state index in [-0.39, 0.29) is 18.5 Å². The van der Waals surface area contributed by atoms with Gasteiger partial charge in [0.2, 0.25) is 5.91 Å². The Morgan fingerprint density at radius 1 is 1.19 bits per heavy atom. The minimum atomic E-state index is -0.959. The second-order valence-corrected chi connectivity index (χ2v) is 5.52. The number of hydrogen-bond donors (Lipinski definition) is 1. The van der Waals surface area contributed by atoms with Crippen LogP contribution in [0.1, 0.15) is 51.5 Å². The summed E-state index contributed by atoms with van der Waals surface area (Å²) in [7, 11) is 0. The van der Waals surface area contributed by atoms with Gasteiger partial charge in [-0.25, -0.2) is 0 Å². The van der Waals surface area contributed by atoms with Gasteiger partial charge in [-0.05, 0) is 31.2 Å². The van der Waals surface area contributed by atoms with Crippen molar-refractivity contribution >= 4 is 11.9 Å². The van der Waals surface area contributed by atoms with E-state index in [2.05, 4.69) is 19.1 Å². The first-order valence-corrected chi connectivity index (χ1v) is 7.51. The number of carboxylic acid groups (broad SMARTS) is 1. The molecule has 0 fully saturated rings. The van der Waals surface area contributed by atoms with Crippen molar-refractivity contribution in [1.29, 1.82) is 0 Å². The van der Waals surface area contributed by atoms with E-state index in [4.69, 9.17) is 5.11 Å². The van der Waals surface area contributed by atoms with Gasteiger partial charge >= 0.3 is 5.97 Å². The van der Waals surface area contributed by atoms with E-state index in [1.165, 1.54) is 10.5 Å². The van der Waals surface area contributed by atoms with Crippen molar-refractivity contribution < 1.29 is 14.7 Å². The van der Waals surface area contributed by atoms with Gasteiger partial charge in [-0.1, -0.05) is 44.2 Å². The smallest absolute Gasteiger partial charge is 0.323 e. The molecule has 0 saturated heterocycles. The van der Waals surface area contributed by atoms with Crippen molar-refractivity contribution in [3.8, 4) is 0 Å². The first-order chi connectivity index (χ1) is 9.95. The molecule has 1 amide bonds. The van der Waals surface area contributed by atoms with Crippen molar-refractivity contribution in [3.05, 3.63) is 35.9 Å². The molecule has 0 aromatic heterocycles. The monoisotopic (exact) mass is 291 g/mol. The largest absolute Gasteiger partial charge is 0.480 e. The fourth-order valence-electron chi connectivity index (χ4n) is 2.29. The highest BCUT2D eigenvalue weighted by Crippen LogP contribution is 2.21. The molecule has 0 aliphatic heterocycles.